The molecule has 0 aliphatic carbocycles. The molecule has 1 atom stereocenters. The van der Waals surface area contributed by atoms with Gasteiger partial charge >= 0.3 is 0 Å². The molecule has 0 heterocycles. The highest BCUT2D eigenvalue weighted by atomic mass is 35.5. The first-order chi connectivity index (χ1) is 7.20. The number of sulfonamides is 1. The third-order valence-corrected chi connectivity index (χ3v) is 4.07. The average Bonchev–Trinajstić information content (AvgIpc) is 2.13. The highest BCUT2D eigenvalue weighted by Crippen LogP contribution is 2.19. The lowest BCUT2D eigenvalue weighted by molar-refractivity contribution is 0.395. The minimum atomic E-state index is -3.16. The lowest BCUT2D eigenvalue weighted by Crippen LogP contribution is -2.37. The van der Waals surface area contributed by atoms with Crippen LogP contribution in [0, 0.1) is 5.41 Å². The van der Waals surface area contributed by atoms with E-state index in [0.29, 0.717) is 18.7 Å². The SMILES string of the molecule is CCC(CCCl)NS(=O)(=O)CCC(C)(C)C. The fourth-order valence-corrected chi connectivity index (χ4v) is 3.29. The van der Waals surface area contributed by atoms with E-state index < -0.39 is 10.0 Å². The number of halogens is 1. The summed E-state index contributed by atoms with van der Waals surface area (Å²) in [6.45, 7) is 8.08. The van der Waals surface area contributed by atoms with E-state index in [1.54, 1.807) is 0 Å². The van der Waals surface area contributed by atoms with Crippen LogP contribution in [0.3, 0.4) is 0 Å². The van der Waals surface area contributed by atoms with Crippen molar-refractivity contribution in [3.63, 3.8) is 0 Å². The van der Waals surface area contributed by atoms with Gasteiger partial charge < -0.3 is 0 Å². The molecule has 0 spiro atoms. The van der Waals surface area contributed by atoms with Crippen LogP contribution < -0.4 is 4.72 Å². The molecule has 0 bridgehead atoms. The van der Waals surface area contributed by atoms with E-state index in [1.807, 2.05) is 27.7 Å². The Morgan fingerprint density at radius 3 is 2.25 bits per heavy atom. The summed E-state index contributed by atoms with van der Waals surface area (Å²) in [6, 6.07) is -0.0255. The van der Waals surface area contributed by atoms with Gasteiger partial charge in [-0.3, -0.25) is 0 Å². The Labute approximate surface area is 105 Å². The summed E-state index contributed by atoms with van der Waals surface area (Å²) in [5, 5.41) is 0. The largest absolute Gasteiger partial charge is 0.212 e. The fourth-order valence-electron chi connectivity index (χ4n) is 1.23. The van der Waals surface area contributed by atoms with Crippen molar-refractivity contribution in [3.8, 4) is 0 Å². The molecule has 0 aromatic rings. The van der Waals surface area contributed by atoms with Crippen molar-refractivity contribution < 1.29 is 8.42 Å². The molecule has 0 saturated carbocycles. The Morgan fingerprint density at radius 1 is 1.31 bits per heavy atom. The summed E-state index contributed by atoms with van der Waals surface area (Å²) < 4.78 is 26.2. The topological polar surface area (TPSA) is 46.2 Å². The summed E-state index contributed by atoms with van der Waals surface area (Å²) >= 11 is 5.62. The molecule has 1 unspecified atom stereocenters. The minimum Gasteiger partial charge on any atom is -0.212 e. The van der Waals surface area contributed by atoms with Crippen LogP contribution in [0.5, 0.6) is 0 Å². The van der Waals surface area contributed by atoms with E-state index in [-0.39, 0.29) is 17.2 Å². The standard InChI is InChI=1S/C11H24ClNO2S/c1-5-10(6-8-12)13-16(14,15)9-7-11(2,3)4/h10,13H,5-9H2,1-4H3. The average molecular weight is 270 g/mol. The van der Waals surface area contributed by atoms with Crippen LogP contribution in [-0.4, -0.2) is 26.1 Å². The molecule has 3 nitrogen and oxygen atoms in total. The van der Waals surface area contributed by atoms with Gasteiger partial charge in [-0.25, -0.2) is 13.1 Å². The van der Waals surface area contributed by atoms with Crippen LogP contribution >= 0.6 is 11.6 Å². The molecule has 5 heteroatoms. The molecule has 0 aromatic carbocycles. The smallest absolute Gasteiger partial charge is 0.211 e. The maximum Gasteiger partial charge on any atom is 0.211 e. The van der Waals surface area contributed by atoms with Crippen LogP contribution in [0.2, 0.25) is 0 Å². The summed E-state index contributed by atoms with van der Waals surface area (Å²) in [5.41, 5.74) is 0.0446. The van der Waals surface area contributed by atoms with Crippen molar-refractivity contribution in [2.75, 3.05) is 11.6 Å². The summed E-state index contributed by atoms with van der Waals surface area (Å²) in [5.74, 6) is 0.676. The summed E-state index contributed by atoms with van der Waals surface area (Å²) in [6.07, 6.45) is 2.13. The number of rotatable bonds is 7. The van der Waals surface area contributed by atoms with Gasteiger partial charge in [-0.1, -0.05) is 27.7 Å². The maximum absolute atomic E-state index is 11.8. The van der Waals surface area contributed by atoms with Crippen molar-refractivity contribution in [2.24, 2.45) is 5.41 Å². The van der Waals surface area contributed by atoms with Crippen molar-refractivity contribution in [1.82, 2.24) is 4.72 Å². The van der Waals surface area contributed by atoms with E-state index in [2.05, 4.69) is 4.72 Å². The Balaban J connectivity index is 4.23. The molecule has 16 heavy (non-hydrogen) atoms. The van der Waals surface area contributed by atoms with Crippen LogP contribution in [-0.2, 0) is 10.0 Å². The van der Waals surface area contributed by atoms with Crippen molar-refractivity contribution in [1.29, 1.82) is 0 Å². The van der Waals surface area contributed by atoms with Gasteiger partial charge in [0.25, 0.3) is 0 Å². The number of alkyl halides is 1. The van der Waals surface area contributed by atoms with Crippen molar-refractivity contribution >= 4 is 21.6 Å². The monoisotopic (exact) mass is 269 g/mol. The van der Waals surface area contributed by atoms with E-state index in [1.165, 1.54) is 0 Å². The van der Waals surface area contributed by atoms with Gasteiger partial charge in [0.1, 0.15) is 0 Å². The van der Waals surface area contributed by atoms with Gasteiger partial charge in [-0.05, 0) is 24.7 Å². The van der Waals surface area contributed by atoms with E-state index in [0.717, 1.165) is 6.42 Å². The van der Waals surface area contributed by atoms with E-state index in [4.69, 9.17) is 11.6 Å². The molecule has 0 rings (SSSR count). The first-order valence-electron chi connectivity index (χ1n) is 5.76. The number of nitrogens with one attached hydrogen (secondary N) is 1. The minimum absolute atomic E-state index is 0.0255. The van der Waals surface area contributed by atoms with Crippen LogP contribution in [0.1, 0.15) is 47.0 Å². The highest BCUT2D eigenvalue weighted by Gasteiger charge is 2.19. The van der Waals surface area contributed by atoms with Gasteiger partial charge in [-0.2, -0.15) is 0 Å². The lowest BCUT2D eigenvalue weighted by Gasteiger charge is -2.20. The van der Waals surface area contributed by atoms with Gasteiger partial charge in [0.15, 0.2) is 0 Å². The van der Waals surface area contributed by atoms with E-state index in [9.17, 15) is 8.42 Å². The molecule has 0 saturated heterocycles. The van der Waals surface area contributed by atoms with E-state index >= 15 is 0 Å². The first kappa shape index (κ1) is 16.2. The zero-order valence-electron chi connectivity index (χ0n) is 10.7. The second-order valence-corrected chi connectivity index (χ2v) is 7.58. The lowest BCUT2D eigenvalue weighted by atomic mass is 9.94. The van der Waals surface area contributed by atoms with Gasteiger partial charge in [0.2, 0.25) is 10.0 Å². The van der Waals surface area contributed by atoms with Crippen LogP contribution in [0.25, 0.3) is 0 Å². The molecule has 98 valence electrons. The van der Waals surface area contributed by atoms with Crippen LogP contribution in [0.4, 0.5) is 0 Å². The molecule has 1 N–H and O–H groups in total. The predicted molar refractivity (Wildman–Crippen MR) is 70.4 cm³/mol. The maximum atomic E-state index is 11.8. The van der Waals surface area contributed by atoms with Gasteiger partial charge in [0, 0.05) is 11.9 Å². The predicted octanol–water partition coefficient (Wildman–Crippen LogP) is 2.75. The Hall–Kier alpha value is 0.200. The first-order valence-corrected chi connectivity index (χ1v) is 7.95. The number of hydrogen-bond acceptors (Lipinski definition) is 2. The molecule has 0 aromatic heterocycles. The number of hydrogen-bond donors (Lipinski definition) is 1. The van der Waals surface area contributed by atoms with Crippen molar-refractivity contribution in [3.05, 3.63) is 0 Å². The Kier molecular flexibility index (Phi) is 6.90. The molecule has 0 radical (unpaired) electrons. The summed E-state index contributed by atoms with van der Waals surface area (Å²) in [4.78, 5) is 0. The quantitative estimate of drug-likeness (QED) is 0.723. The van der Waals surface area contributed by atoms with Crippen molar-refractivity contribution in [2.45, 2.75) is 53.0 Å². The normalized spacial score (nSPS) is 15.1. The Morgan fingerprint density at radius 2 is 1.88 bits per heavy atom. The Bertz CT molecular complexity index is 283. The molecule has 0 aliphatic rings. The molecule has 0 amide bonds. The van der Waals surface area contributed by atoms with Crippen LogP contribution in [0.15, 0.2) is 0 Å². The fraction of sp³-hybridized carbons (Fsp3) is 1.00. The molecule has 0 aliphatic heterocycles. The van der Waals surface area contributed by atoms with Gasteiger partial charge in [0.05, 0.1) is 5.75 Å². The highest BCUT2D eigenvalue weighted by molar-refractivity contribution is 7.89. The summed E-state index contributed by atoms with van der Waals surface area (Å²) in [7, 11) is -3.16. The third-order valence-electron chi connectivity index (χ3n) is 2.42. The third kappa shape index (κ3) is 8.36. The second kappa shape index (κ2) is 6.82. The molecule has 0 fully saturated rings. The zero-order valence-corrected chi connectivity index (χ0v) is 12.3. The molecular weight excluding hydrogens is 246 g/mol. The molecular formula is C11H24ClNO2S. The second-order valence-electron chi connectivity index (χ2n) is 5.33. The van der Waals surface area contributed by atoms with Gasteiger partial charge in [-0.15, -0.1) is 11.6 Å². The zero-order chi connectivity index (χ0) is 12.8.